The molecular weight excluding hydrogens is 889 g/mol. The Labute approximate surface area is 443 Å². The molecule has 0 aliphatic rings. The Morgan fingerprint density at radius 3 is 0.903 bits per heavy atom. The van der Waals surface area contributed by atoms with E-state index in [1.807, 2.05) is 0 Å². The molecule has 0 saturated carbocycles. The molecule has 0 aromatic carbocycles. The number of carbonyl (C=O) groups excluding carboxylic acids is 3. The van der Waals surface area contributed by atoms with Gasteiger partial charge in [-0.3, -0.25) is 14.4 Å². The summed E-state index contributed by atoms with van der Waals surface area (Å²) in [4.78, 5) is 37.9. The monoisotopic (exact) mass is 995 g/mol. The Morgan fingerprint density at radius 2 is 0.542 bits per heavy atom. The summed E-state index contributed by atoms with van der Waals surface area (Å²) in [7, 11) is 0. The minimum atomic E-state index is -0.800. The maximum absolute atomic E-state index is 12.8. The van der Waals surface area contributed by atoms with Crippen molar-refractivity contribution in [1.82, 2.24) is 0 Å². The number of esters is 3. The number of ether oxygens (including phenoxy) is 3. The molecule has 0 fully saturated rings. The zero-order valence-corrected chi connectivity index (χ0v) is 46.4. The minimum absolute atomic E-state index is 0.0970. The summed E-state index contributed by atoms with van der Waals surface area (Å²) >= 11 is 0. The van der Waals surface area contributed by atoms with Gasteiger partial charge in [0.25, 0.3) is 0 Å². The lowest BCUT2D eigenvalue weighted by atomic mass is 10.1. The molecule has 0 radical (unpaired) electrons. The van der Waals surface area contributed by atoms with E-state index in [1.165, 1.54) is 70.6 Å². The van der Waals surface area contributed by atoms with Gasteiger partial charge in [-0.05, 0) is 122 Å². The fourth-order valence-corrected chi connectivity index (χ4v) is 7.52. The van der Waals surface area contributed by atoms with Crippen LogP contribution in [0.2, 0.25) is 0 Å². The SMILES string of the molecule is CC/C=C\C/C=C\C/C=C\C/C=C\C/C=C\C/C=C\C/C=C\C/C=C\C/C=C\C/C=C\CCCCC(=O)OCC(COC(=O)CCCCCCCCCC)OC(=O)CCCCCCC/C=C\CCCCCC. The molecule has 6 heteroatoms. The number of unbranched alkanes of at least 4 members (excludes halogenated alkanes) is 18. The van der Waals surface area contributed by atoms with Crippen LogP contribution in [0, 0.1) is 0 Å². The van der Waals surface area contributed by atoms with E-state index in [0.29, 0.717) is 25.7 Å². The van der Waals surface area contributed by atoms with Crippen LogP contribution >= 0.6 is 0 Å². The van der Waals surface area contributed by atoms with E-state index in [4.69, 9.17) is 14.2 Å². The Balaban J connectivity index is 4.27. The highest BCUT2D eigenvalue weighted by molar-refractivity contribution is 5.71. The van der Waals surface area contributed by atoms with E-state index >= 15 is 0 Å². The van der Waals surface area contributed by atoms with Crippen molar-refractivity contribution in [2.45, 2.75) is 252 Å². The maximum Gasteiger partial charge on any atom is 0.306 e. The van der Waals surface area contributed by atoms with E-state index in [-0.39, 0.29) is 31.1 Å². The summed E-state index contributed by atoms with van der Waals surface area (Å²) in [5.41, 5.74) is 0. The fourth-order valence-electron chi connectivity index (χ4n) is 7.52. The standard InChI is InChI=1S/C66H106O6/c1-4-7-10-13-16-19-21-23-24-25-26-27-28-29-30-31-32-33-34-35-36-37-38-39-40-41-42-44-45-47-50-53-56-59-65(68)71-62-63(61-70-64(67)58-55-52-49-18-15-12-9-6-3)72-66(69)60-57-54-51-48-46-43-22-20-17-14-11-8-5-2/h7,10,16,19-20,22-24,26-27,29-30,32-33,35-36,38-39,41-42,45,47,63H,4-6,8-9,11-15,17-18,21,25,28,31,34,37,40,43-44,46,48-62H2,1-3H3/b10-7-,19-16-,22-20-,24-23-,27-26-,30-29-,33-32-,36-35-,39-38-,42-41-,47-45-. The van der Waals surface area contributed by atoms with Gasteiger partial charge in [0, 0.05) is 19.3 Å². The topological polar surface area (TPSA) is 78.9 Å². The van der Waals surface area contributed by atoms with E-state index < -0.39 is 6.10 Å². The molecule has 0 heterocycles. The highest BCUT2D eigenvalue weighted by Gasteiger charge is 2.19. The van der Waals surface area contributed by atoms with Crippen LogP contribution in [0.5, 0.6) is 0 Å². The van der Waals surface area contributed by atoms with Crippen molar-refractivity contribution < 1.29 is 28.6 Å². The van der Waals surface area contributed by atoms with Crippen LogP contribution in [0.3, 0.4) is 0 Å². The predicted molar refractivity (Wildman–Crippen MR) is 311 cm³/mol. The molecule has 0 aliphatic carbocycles. The van der Waals surface area contributed by atoms with Gasteiger partial charge in [-0.25, -0.2) is 0 Å². The van der Waals surface area contributed by atoms with Crippen molar-refractivity contribution in [3.05, 3.63) is 134 Å². The molecule has 0 aromatic heterocycles. The van der Waals surface area contributed by atoms with E-state index in [9.17, 15) is 14.4 Å². The van der Waals surface area contributed by atoms with Gasteiger partial charge >= 0.3 is 17.9 Å². The van der Waals surface area contributed by atoms with Crippen molar-refractivity contribution in [3.63, 3.8) is 0 Å². The summed E-state index contributed by atoms with van der Waals surface area (Å²) in [6.45, 7) is 6.42. The second kappa shape index (κ2) is 59.1. The highest BCUT2D eigenvalue weighted by Crippen LogP contribution is 2.13. The molecule has 406 valence electrons. The average Bonchev–Trinajstić information content (AvgIpc) is 3.38. The number of allylic oxidation sites excluding steroid dienone is 22. The first-order chi connectivity index (χ1) is 35.5. The lowest BCUT2D eigenvalue weighted by Gasteiger charge is -2.18. The lowest BCUT2D eigenvalue weighted by Crippen LogP contribution is -2.30. The third-order valence-electron chi connectivity index (χ3n) is 11.9. The van der Waals surface area contributed by atoms with Gasteiger partial charge < -0.3 is 14.2 Å². The number of carbonyl (C=O) groups is 3. The molecule has 1 unspecified atom stereocenters. The van der Waals surface area contributed by atoms with Crippen molar-refractivity contribution in [2.75, 3.05) is 13.2 Å². The summed E-state index contributed by atoms with van der Waals surface area (Å²) in [5, 5.41) is 0. The van der Waals surface area contributed by atoms with Crippen molar-refractivity contribution in [3.8, 4) is 0 Å². The molecule has 0 rings (SSSR count). The van der Waals surface area contributed by atoms with Gasteiger partial charge in [0.15, 0.2) is 6.10 Å². The second-order valence-corrected chi connectivity index (χ2v) is 18.8. The first-order valence-electron chi connectivity index (χ1n) is 29.2. The van der Waals surface area contributed by atoms with Crippen LogP contribution < -0.4 is 0 Å². The lowest BCUT2D eigenvalue weighted by molar-refractivity contribution is -0.167. The Bertz CT molecular complexity index is 1560. The Kier molecular flexibility index (Phi) is 55.5. The van der Waals surface area contributed by atoms with Crippen LogP contribution in [0.15, 0.2) is 134 Å². The number of hydrogen-bond donors (Lipinski definition) is 0. The quantitative estimate of drug-likeness (QED) is 0.0261. The van der Waals surface area contributed by atoms with Crippen molar-refractivity contribution in [2.24, 2.45) is 0 Å². The highest BCUT2D eigenvalue weighted by atomic mass is 16.6. The number of hydrogen-bond acceptors (Lipinski definition) is 6. The van der Waals surface area contributed by atoms with Crippen LogP contribution in [0.25, 0.3) is 0 Å². The van der Waals surface area contributed by atoms with Crippen molar-refractivity contribution in [1.29, 1.82) is 0 Å². The van der Waals surface area contributed by atoms with Gasteiger partial charge in [-0.2, -0.15) is 0 Å². The minimum Gasteiger partial charge on any atom is -0.462 e. The molecule has 1 atom stereocenters. The molecule has 0 N–H and O–H groups in total. The molecule has 0 bridgehead atoms. The van der Waals surface area contributed by atoms with Crippen LogP contribution in [-0.2, 0) is 28.6 Å². The fraction of sp³-hybridized carbons (Fsp3) is 0.621. The van der Waals surface area contributed by atoms with Gasteiger partial charge in [0.1, 0.15) is 13.2 Å². The van der Waals surface area contributed by atoms with E-state index in [1.54, 1.807) is 0 Å². The van der Waals surface area contributed by atoms with Crippen LogP contribution in [-0.4, -0.2) is 37.2 Å². The van der Waals surface area contributed by atoms with Gasteiger partial charge in [-0.1, -0.05) is 238 Å². The predicted octanol–water partition coefficient (Wildman–Crippen LogP) is 19.8. The van der Waals surface area contributed by atoms with Gasteiger partial charge in [-0.15, -0.1) is 0 Å². The summed E-state index contributed by atoms with van der Waals surface area (Å²) < 4.78 is 16.7. The van der Waals surface area contributed by atoms with E-state index in [2.05, 4.69) is 154 Å². The first-order valence-corrected chi connectivity index (χ1v) is 29.2. The summed E-state index contributed by atoms with van der Waals surface area (Å²) in [5.74, 6) is -0.962. The summed E-state index contributed by atoms with van der Waals surface area (Å²) in [6.07, 6.45) is 83.2. The Morgan fingerprint density at radius 1 is 0.292 bits per heavy atom. The first kappa shape index (κ1) is 67.5. The smallest absolute Gasteiger partial charge is 0.306 e. The second-order valence-electron chi connectivity index (χ2n) is 18.8. The molecule has 0 amide bonds. The normalized spacial score (nSPS) is 13.1. The Hall–Kier alpha value is -4.45. The van der Waals surface area contributed by atoms with Crippen molar-refractivity contribution >= 4 is 17.9 Å². The molecule has 6 nitrogen and oxygen atoms in total. The average molecular weight is 996 g/mol. The molecular formula is C66H106O6. The molecule has 0 aliphatic heterocycles. The van der Waals surface area contributed by atoms with E-state index in [0.717, 1.165) is 128 Å². The van der Waals surface area contributed by atoms with Crippen LogP contribution in [0.4, 0.5) is 0 Å². The zero-order chi connectivity index (χ0) is 52.2. The van der Waals surface area contributed by atoms with Gasteiger partial charge in [0.2, 0.25) is 0 Å². The molecule has 0 saturated heterocycles. The largest absolute Gasteiger partial charge is 0.462 e. The third-order valence-corrected chi connectivity index (χ3v) is 11.9. The molecule has 0 spiro atoms. The van der Waals surface area contributed by atoms with Crippen LogP contribution in [0.1, 0.15) is 245 Å². The third kappa shape index (κ3) is 56.5. The maximum atomic E-state index is 12.8. The molecule has 0 aromatic rings. The molecule has 72 heavy (non-hydrogen) atoms. The van der Waals surface area contributed by atoms with Gasteiger partial charge in [0.05, 0.1) is 0 Å². The summed E-state index contributed by atoms with van der Waals surface area (Å²) in [6, 6.07) is 0. The number of rotatable bonds is 51. The zero-order valence-electron chi connectivity index (χ0n) is 46.4.